The third-order valence-corrected chi connectivity index (χ3v) is 5.76. The van der Waals surface area contributed by atoms with E-state index in [-0.39, 0.29) is 18.6 Å². The van der Waals surface area contributed by atoms with Crippen LogP contribution in [0.3, 0.4) is 0 Å². The molecule has 0 unspecified atom stereocenters. The van der Waals surface area contributed by atoms with Gasteiger partial charge in [-0.2, -0.15) is 4.39 Å². The molecule has 0 radical (unpaired) electrons. The zero-order chi connectivity index (χ0) is 24.6. The first-order valence-corrected chi connectivity index (χ1v) is 11.2. The maximum absolute atomic E-state index is 14.5. The first-order valence-electron chi connectivity index (χ1n) is 11.2. The highest BCUT2D eigenvalue weighted by atomic mass is 19.1. The lowest BCUT2D eigenvalue weighted by molar-refractivity contribution is -0.108. The zero-order valence-electron chi connectivity index (χ0n) is 19.7. The zero-order valence-corrected chi connectivity index (χ0v) is 19.7. The van der Waals surface area contributed by atoms with Gasteiger partial charge >= 0.3 is 0 Å². The summed E-state index contributed by atoms with van der Waals surface area (Å²) < 4.78 is 32.6. The second-order valence-corrected chi connectivity index (χ2v) is 9.70. The Morgan fingerprint density at radius 1 is 1.17 bits per heavy atom. The Hall–Kier alpha value is -3.85. The Morgan fingerprint density at radius 2 is 2.00 bits per heavy atom. The number of fused-ring (bicyclic) bond motifs is 4. The van der Waals surface area contributed by atoms with E-state index in [1.807, 2.05) is 6.07 Å². The first-order chi connectivity index (χ1) is 16.8. The fraction of sp³-hybridized carbons (Fsp3) is 0.308. The molecule has 5 rings (SSSR count). The summed E-state index contributed by atoms with van der Waals surface area (Å²) in [4.78, 5) is 24.3. The monoisotopic (exact) mass is 476 g/mol. The summed E-state index contributed by atoms with van der Waals surface area (Å²) in [5.41, 5.74) is 1.19. The van der Waals surface area contributed by atoms with Crippen molar-refractivity contribution in [2.24, 2.45) is 10.4 Å². The van der Waals surface area contributed by atoms with E-state index in [1.165, 1.54) is 6.20 Å². The van der Waals surface area contributed by atoms with Crippen LogP contribution in [0.1, 0.15) is 31.9 Å². The number of amides is 1. The van der Waals surface area contributed by atoms with E-state index in [0.717, 1.165) is 0 Å². The number of amidine groups is 1. The highest BCUT2D eigenvalue weighted by Gasteiger charge is 2.45. The summed E-state index contributed by atoms with van der Waals surface area (Å²) >= 11 is 0. The maximum Gasteiger partial charge on any atom is 0.220 e. The van der Waals surface area contributed by atoms with E-state index in [9.17, 15) is 9.18 Å². The number of halogens is 1. The SMILES string of the molecule is CC(C)(C)COc1cc2c(cn1)Oc1ccc(-c3cccnc3F)cc1[C@@]21COCC(NC=O)=N1. The molecular weight excluding hydrogens is 451 g/mol. The Labute approximate surface area is 202 Å². The molecule has 1 N–H and O–H groups in total. The molecule has 180 valence electrons. The predicted molar refractivity (Wildman–Crippen MR) is 127 cm³/mol. The number of rotatable bonds is 4. The van der Waals surface area contributed by atoms with Crippen LogP contribution >= 0.6 is 0 Å². The molecule has 1 aromatic carbocycles. The van der Waals surface area contributed by atoms with Crippen LogP contribution in [0, 0.1) is 11.4 Å². The smallest absolute Gasteiger partial charge is 0.220 e. The van der Waals surface area contributed by atoms with E-state index in [2.05, 4.69) is 36.1 Å². The van der Waals surface area contributed by atoms with E-state index >= 15 is 0 Å². The van der Waals surface area contributed by atoms with Crippen LogP contribution in [0.4, 0.5) is 4.39 Å². The molecule has 0 aliphatic carbocycles. The minimum absolute atomic E-state index is 0.0613. The van der Waals surface area contributed by atoms with Gasteiger partial charge in [0.05, 0.1) is 19.4 Å². The predicted octanol–water partition coefficient (Wildman–Crippen LogP) is 4.23. The first kappa shape index (κ1) is 22.9. The number of aromatic nitrogens is 2. The minimum Gasteiger partial charge on any atom is -0.477 e. The number of pyridine rings is 2. The van der Waals surface area contributed by atoms with Crippen molar-refractivity contribution in [1.29, 1.82) is 0 Å². The normalized spacial score (nSPS) is 18.7. The number of benzene rings is 1. The molecule has 1 amide bonds. The van der Waals surface area contributed by atoms with Crippen LogP contribution in [-0.4, -0.2) is 42.0 Å². The summed E-state index contributed by atoms with van der Waals surface area (Å²) in [6.45, 7) is 7.01. The molecule has 2 aromatic heterocycles. The molecule has 0 bridgehead atoms. The molecule has 3 aromatic rings. The molecule has 2 aliphatic rings. The second-order valence-electron chi connectivity index (χ2n) is 9.70. The highest BCUT2D eigenvalue weighted by molar-refractivity contribution is 5.92. The van der Waals surface area contributed by atoms with Gasteiger partial charge in [0.15, 0.2) is 5.75 Å². The summed E-state index contributed by atoms with van der Waals surface area (Å²) in [7, 11) is 0. The molecule has 4 heterocycles. The van der Waals surface area contributed by atoms with E-state index in [4.69, 9.17) is 19.2 Å². The van der Waals surface area contributed by atoms with Crippen molar-refractivity contribution in [3.63, 3.8) is 0 Å². The Balaban J connectivity index is 1.68. The van der Waals surface area contributed by atoms with Crippen LogP contribution < -0.4 is 14.8 Å². The van der Waals surface area contributed by atoms with Gasteiger partial charge < -0.3 is 19.5 Å². The summed E-state index contributed by atoms with van der Waals surface area (Å²) in [6, 6.07) is 10.5. The molecule has 35 heavy (non-hydrogen) atoms. The van der Waals surface area contributed by atoms with Gasteiger partial charge in [0.2, 0.25) is 18.2 Å². The minimum atomic E-state index is -1.07. The number of ether oxygens (including phenoxy) is 3. The molecule has 1 spiro atoms. The average Bonchev–Trinajstić information content (AvgIpc) is 2.83. The molecule has 8 nitrogen and oxygen atoms in total. The lowest BCUT2D eigenvalue weighted by atomic mass is 9.80. The van der Waals surface area contributed by atoms with Crippen molar-refractivity contribution in [1.82, 2.24) is 15.3 Å². The lowest BCUT2D eigenvalue weighted by Crippen LogP contribution is -2.43. The Bertz CT molecular complexity index is 1320. The molecule has 9 heteroatoms. The van der Waals surface area contributed by atoms with Gasteiger partial charge in [-0.25, -0.2) is 9.97 Å². The maximum atomic E-state index is 14.5. The number of carbonyl (C=O) groups excluding carboxylic acids is 1. The molecular formula is C26H25FN4O4. The van der Waals surface area contributed by atoms with Crippen molar-refractivity contribution in [3.05, 3.63) is 65.9 Å². The number of nitrogens with zero attached hydrogens (tertiary/aromatic N) is 3. The standard InChI is InChI=1S/C26H25FN4O4/c1-25(2,3)13-34-23-10-19-21(11-29-23)35-20-7-6-16(17-5-4-8-28-24(17)27)9-18(20)26(19)14-33-12-22(31-26)30-15-32/h4-11,15H,12-14H2,1-3H3,(H,30,31,32)/t26-/m0/s1. The van der Waals surface area contributed by atoms with Crippen LogP contribution in [0.15, 0.2) is 53.8 Å². The second kappa shape index (κ2) is 8.74. The Kier molecular flexibility index (Phi) is 5.72. The van der Waals surface area contributed by atoms with Gasteiger partial charge in [0.25, 0.3) is 0 Å². The van der Waals surface area contributed by atoms with Crippen LogP contribution in [-0.2, 0) is 15.1 Å². The van der Waals surface area contributed by atoms with Gasteiger partial charge in [-0.1, -0.05) is 26.8 Å². The molecule has 0 fully saturated rings. The number of carbonyl (C=O) groups is 1. The average molecular weight is 477 g/mol. The number of hydrogen-bond acceptors (Lipinski definition) is 7. The number of nitrogens with one attached hydrogen (secondary N) is 1. The van der Waals surface area contributed by atoms with Gasteiger partial charge in [-0.05, 0) is 35.2 Å². The van der Waals surface area contributed by atoms with Crippen molar-refractivity contribution < 1.29 is 23.4 Å². The van der Waals surface area contributed by atoms with Crippen LogP contribution in [0.25, 0.3) is 11.1 Å². The van der Waals surface area contributed by atoms with Gasteiger partial charge in [0.1, 0.15) is 23.7 Å². The molecule has 2 aliphatic heterocycles. The largest absolute Gasteiger partial charge is 0.477 e. The number of hydrogen-bond donors (Lipinski definition) is 1. The van der Waals surface area contributed by atoms with Crippen molar-refractivity contribution >= 4 is 12.2 Å². The highest BCUT2D eigenvalue weighted by Crippen LogP contribution is 2.51. The van der Waals surface area contributed by atoms with E-state index < -0.39 is 11.5 Å². The topological polar surface area (TPSA) is 94.9 Å². The van der Waals surface area contributed by atoms with Crippen molar-refractivity contribution in [2.45, 2.75) is 26.3 Å². The molecule has 0 saturated heterocycles. The number of aliphatic imine (C=N–C) groups is 1. The van der Waals surface area contributed by atoms with E-state index in [0.29, 0.717) is 58.5 Å². The van der Waals surface area contributed by atoms with Crippen molar-refractivity contribution in [2.75, 3.05) is 19.8 Å². The lowest BCUT2D eigenvalue weighted by Gasteiger charge is -2.39. The van der Waals surface area contributed by atoms with Gasteiger partial charge in [-0.15, -0.1) is 0 Å². The Morgan fingerprint density at radius 3 is 2.77 bits per heavy atom. The third kappa shape index (κ3) is 4.35. The summed E-state index contributed by atoms with van der Waals surface area (Å²) in [5.74, 6) is 1.26. The van der Waals surface area contributed by atoms with Crippen LogP contribution in [0.5, 0.6) is 17.4 Å². The van der Waals surface area contributed by atoms with Gasteiger partial charge in [-0.3, -0.25) is 9.79 Å². The molecule has 1 atom stereocenters. The fourth-order valence-corrected chi connectivity index (χ4v) is 4.18. The third-order valence-electron chi connectivity index (χ3n) is 5.76. The van der Waals surface area contributed by atoms with E-state index in [1.54, 1.807) is 36.5 Å². The molecule has 0 saturated carbocycles. The van der Waals surface area contributed by atoms with Crippen molar-refractivity contribution in [3.8, 4) is 28.5 Å². The summed E-state index contributed by atoms with van der Waals surface area (Å²) in [6.07, 6.45) is 3.57. The summed E-state index contributed by atoms with van der Waals surface area (Å²) in [5, 5.41) is 2.62. The quantitative estimate of drug-likeness (QED) is 0.447. The van der Waals surface area contributed by atoms with Gasteiger partial charge in [0, 0.05) is 29.0 Å². The van der Waals surface area contributed by atoms with Crippen LogP contribution in [0.2, 0.25) is 0 Å². The fourth-order valence-electron chi connectivity index (χ4n) is 4.18.